The summed E-state index contributed by atoms with van der Waals surface area (Å²) in [6, 6.07) is 4.25. The number of fused-ring (bicyclic) bond motifs is 1. The van der Waals surface area contributed by atoms with Gasteiger partial charge in [-0.15, -0.1) is 0 Å². The Labute approximate surface area is 125 Å². The van der Waals surface area contributed by atoms with Crippen molar-refractivity contribution < 1.29 is 4.74 Å². The van der Waals surface area contributed by atoms with Crippen LogP contribution in [-0.4, -0.2) is 41.4 Å². The Morgan fingerprint density at radius 2 is 2.19 bits per heavy atom. The first-order valence-electron chi connectivity index (χ1n) is 7.69. The fourth-order valence-electron chi connectivity index (χ4n) is 3.03. The average Bonchev–Trinajstić information content (AvgIpc) is 3.03. The second-order valence-electron chi connectivity index (χ2n) is 6.31. The van der Waals surface area contributed by atoms with Gasteiger partial charge in [-0.2, -0.15) is 9.61 Å². The second-order valence-corrected chi connectivity index (χ2v) is 6.31. The normalized spacial score (nSPS) is 19.1. The predicted molar refractivity (Wildman–Crippen MR) is 84.0 cm³/mol. The molecule has 0 aromatic carbocycles. The summed E-state index contributed by atoms with van der Waals surface area (Å²) >= 11 is 0. The van der Waals surface area contributed by atoms with E-state index in [0.717, 1.165) is 42.5 Å². The summed E-state index contributed by atoms with van der Waals surface area (Å²) in [7, 11) is 1.78. The molecule has 0 radical (unpaired) electrons. The topological polar surface area (TPSA) is 42.7 Å². The van der Waals surface area contributed by atoms with Crippen LogP contribution in [0.25, 0.3) is 5.65 Å². The monoisotopic (exact) mass is 288 g/mol. The van der Waals surface area contributed by atoms with Gasteiger partial charge in [-0.05, 0) is 19.3 Å². The van der Waals surface area contributed by atoms with Crippen molar-refractivity contribution in [3.05, 3.63) is 23.5 Å². The quantitative estimate of drug-likeness (QED) is 0.867. The first kappa shape index (κ1) is 14.3. The zero-order valence-corrected chi connectivity index (χ0v) is 13.3. The summed E-state index contributed by atoms with van der Waals surface area (Å²) in [6.45, 7) is 9.31. The molecule has 5 nitrogen and oxygen atoms in total. The van der Waals surface area contributed by atoms with Gasteiger partial charge in [-0.1, -0.05) is 13.8 Å². The molecule has 0 aliphatic carbocycles. The van der Waals surface area contributed by atoms with Crippen LogP contribution in [0, 0.1) is 12.8 Å². The summed E-state index contributed by atoms with van der Waals surface area (Å²) in [5, 5.41) is 4.61. The third-order valence-corrected chi connectivity index (χ3v) is 4.15. The van der Waals surface area contributed by atoms with Crippen LogP contribution in [0.4, 0.5) is 5.82 Å². The predicted octanol–water partition coefficient (Wildman–Crippen LogP) is 2.63. The van der Waals surface area contributed by atoms with Crippen LogP contribution in [0.3, 0.4) is 0 Å². The lowest BCUT2D eigenvalue weighted by Crippen LogP contribution is -2.24. The molecule has 1 saturated heterocycles. The van der Waals surface area contributed by atoms with Crippen molar-refractivity contribution in [2.24, 2.45) is 5.92 Å². The molecule has 5 heteroatoms. The molecule has 21 heavy (non-hydrogen) atoms. The van der Waals surface area contributed by atoms with E-state index in [0.29, 0.717) is 11.8 Å². The third kappa shape index (κ3) is 2.75. The van der Waals surface area contributed by atoms with E-state index in [1.807, 2.05) is 11.4 Å². The molecule has 0 amide bonds. The van der Waals surface area contributed by atoms with E-state index in [4.69, 9.17) is 9.72 Å². The summed E-state index contributed by atoms with van der Waals surface area (Å²) < 4.78 is 7.28. The van der Waals surface area contributed by atoms with E-state index in [2.05, 4.69) is 36.0 Å². The molecular weight excluding hydrogens is 264 g/mol. The third-order valence-electron chi connectivity index (χ3n) is 4.15. The standard InChI is InChI=1S/C16H24N4O/c1-11(2)14-8-16(19-6-5-13(9-19)10-21-4)20-15(17-14)7-12(3)18-20/h7-8,11,13H,5-6,9-10H2,1-4H3/t13-/m1/s1. The molecule has 1 aliphatic rings. The highest BCUT2D eigenvalue weighted by Gasteiger charge is 2.25. The lowest BCUT2D eigenvalue weighted by molar-refractivity contribution is 0.161. The number of nitrogens with zero attached hydrogens (tertiary/aromatic N) is 4. The molecule has 2 aromatic heterocycles. The van der Waals surface area contributed by atoms with E-state index in [1.165, 1.54) is 6.42 Å². The van der Waals surface area contributed by atoms with Crippen LogP contribution < -0.4 is 4.90 Å². The summed E-state index contributed by atoms with van der Waals surface area (Å²) in [5.41, 5.74) is 3.09. The van der Waals surface area contributed by atoms with Gasteiger partial charge in [0.1, 0.15) is 5.82 Å². The molecule has 0 bridgehead atoms. The maximum Gasteiger partial charge on any atom is 0.157 e. The number of aromatic nitrogens is 3. The number of anilines is 1. The number of hydrogen-bond acceptors (Lipinski definition) is 4. The first-order chi connectivity index (χ1) is 10.1. The number of methoxy groups -OCH3 is 1. The van der Waals surface area contributed by atoms with Crippen LogP contribution in [0.2, 0.25) is 0 Å². The van der Waals surface area contributed by atoms with Gasteiger partial charge in [-0.25, -0.2) is 4.98 Å². The number of rotatable bonds is 4. The number of ether oxygens (including phenoxy) is 1. The fraction of sp³-hybridized carbons (Fsp3) is 0.625. The molecule has 2 aromatic rings. The van der Waals surface area contributed by atoms with E-state index in [9.17, 15) is 0 Å². The molecule has 0 saturated carbocycles. The maximum atomic E-state index is 5.30. The zero-order valence-electron chi connectivity index (χ0n) is 13.3. The van der Waals surface area contributed by atoms with Crippen molar-refractivity contribution in [2.75, 3.05) is 31.7 Å². The average molecular weight is 288 g/mol. The van der Waals surface area contributed by atoms with Crippen molar-refractivity contribution in [3.63, 3.8) is 0 Å². The molecule has 0 N–H and O–H groups in total. The van der Waals surface area contributed by atoms with Gasteiger partial charge in [0.2, 0.25) is 0 Å². The van der Waals surface area contributed by atoms with Crippen molar-refractivity contribution in [2.45, 2.75) is 33.1 Å². The minimum absolute atomic E-state index is 0.418. The van der Waals surface area contributed by atoms with Crippen molar-refractivity contribution in [1.29, 1.82) is 0 Å². The van der Waals surface area contributed by atoms with Crippen molar-refractivity contribution in [1.82, 2.24) is 14.6 Å². The van der Waals surface area contributed by atoms with E-state index in [-0.39, 0.29) is 0 Å². The van der Waals surface area contributed by atoms with Crippen LogP contribution in [-0.2, 0) is 4.74 Å². The van der Waals surface area contributed by atoms with E-state index >= 15 is 0 Å². The smallest absolute Gasteiger partial charge is 0.157 e. The van der Waals surface area contributed by atoms with Crippen LogP contribution >= 0.6 is 0 Å². The summed E-state index contributed by atoms with van der Waals surface area (Å²) in [4.78, 5) is 7.15. The Balaban J connectivity index is 2.00. The lowest BCUT2D eigenvalue weighted by atomic mass is 10.1. The molecular formula is C16H24N4O. The first-order valence-corrected chi connectivity index (χ1v) is 7.69. The minimum Gasteiger partial charge on any atom is -0.384 e. The van der Waals surface area contributed by atoms with Gasteiger partial charge in [0, 0.05) is 43.9 Å². The zero-order chi connectivity index (χ0) is 15.0. The molecule has 1 atom stereocenters. The number of hydrogen-bond donors (Lipinski definition) is 0. The van der Waals surface area contributed by atoms with E-state index < -0.39 is 0 Å². The molecule has 1 fully saturated rings. The number of aryl methyl sites for hydroxylation is 1. The van der Waals surface area contributed by atoms with E-state index in [1.54, 1.807) is 7.11 Å². The van der Waals surface area contributed by atoms with Gasteiger partial charge in [0.25, 0.3) is 0 Å². The lowest BCUT2D eigenvalue weighted by Gasteiger charge is -2.21. The van der Waals surface area contributed by atoms with Gasteiger partial charge in [0.15, 0.2) is 5.65 Å². The summed E-state index contributed by atoms with van der Waals surface area (Å²) in [6.07, 6.45) is 1.18. The Kier molecular flexibility index (Phi) is 3.85. The molecule has 3 heterocycles. The van der Waals surface area contributed by atoms with Crippen LogP contribution in [0.1, 0.15) is 37.6 Å². The summed E-state index contributed by atoms with van der Waals surface area (Å²) in [5.74, 6) is 2.19. The Morgan fingerprint density at radius 3 is 2.90 bits per heavy atom. The Morgan fingerprint density at radius 1 is 1.38 bits per heavy atom. The molecule has 1 aliphatic heterocycles. The SMILES string of the molecule is COC[C@@H]1CCN(c2cc(C(C)C)nc3cc(C)nn23)C1. The highest BCUT2D eigenvalue weighted by molar-refractivity contribution is 5.53. The molecule has 0 spiro atoms. The van der Waals surface area contributed by atoms with Crippen LogP contribution in [0.5, 0.6) is 0 Å². The van der Waals surface area contributed by atoms with Gasteiger partial charge < -0.3 is 9.64 Å². The minimum atomic E-state index is 0.418. The fourth-order valence-corrected chi connectivity index (χ4v) is 3.03. The van der Waals surface area contributed by atoms with Gasteiger partial charge in [0.05, 0.1) is 12.3 Å². The maximum absolute atomic E-state index is 5.30. The van der Waals surface area contributed by atoms with Crippen LogP contribution in [0.15, 0.2) is 12.1 Å². The molecule has 114 valence electrons. The van der Waals surface area contributed by atoms with Crippen molar-refractivity contribution in [3.8, 4) is 0 Å². The Hall–Kier alpha value is -1.62. The second kappa shape index (κ2) is 5.64. The van der Waals surface area contributed by atoms with Gasteiger partial charge >= 0.3 is 0 Å². The molecule has 3 rings (SSSR count). The highest BCUT2D eigenvalue weighted by atomic mass is 16.5. The molecule has 0 unspecified atom stereocenters. The highest BCUT2D eigenvalue weighted by Crippen LogP contribution is 2.27. The van der Waals surface area contributed by atoms with Gasteiger partial charge in [-0.3, -0.25) is 0 Å². The Bertz CT molecular complexity index is 634. The van der Waals surface area contributed by atoms with Crippen molar-refractivity contribution >= 4 is 11.5 Å². The largest absolute Gasteiger partial charge is 0.384 e.